The first kappa shape index (κ1) is 20.6. The highest BCUT2D eigenvalue weighted by atomic mass is 35.5. The molecule has 4 nitrogen and oxygen atoms in total. The van der Waals surface area contributed by atoms with Crippen LogP contribution in [0.25, 0.3) is 20.8 Å². The van der Waals surface area contributed by atoms with Gasteiger partial charge in [-0.05, 0) is 42.0 Å². The zero-order chi connectivity index (χ0) is 20.5. The molecule has 2 N–H and O–H groups in total. The minimum absolute atomic E-state index is 0.0279. The number of anilines is 1. The van der Waals surface area contributed by atoms with Gasteiger partial charge in [0.05, 0.1) is 20.8 Å². The maximum atomic E-state index is 12.5. The molecule has 0 aliphatic heterocycles. The number of hydrogen-bond acceptors (Lipinski definition) is 4. The Hall–Kier alpha value is -2.11. The van der Waals surface area contributed by atoms with Crippen molar-refractivity contribution in [3.8, 4) is 16.3 Å². The van der Waals surface area contributed by atoms with E-state index in [1.807, 2.05) is 24.3 Å². The Kier molecular flexibility index (Phi) is 5.96. The number of aromatic nitrogens is 1. The van der Waals surface area contributed by atoms with Crippen LogP contribution in [0.15, 0.2) is 36.4 Å². The normalized spacial score (nSPS) is 12.9. The molecule has 6 heteroatoms. The third-order valence-corrected chi connectivity index (χ3v) is 5.72. The highest BCUT2D eigenvalue weighted by molar-refractivity contribution is 7.21. The number of nitrogens with zero attached hydrogens (tertiary/aromatic N) is 1. The maximum absolute atomic E-state index is 12.5. The van der Waals surface area contributed by atoms with Gasteiger partial charge in [-0.2, -0.15) is 0 Å². The van der Waals surface area contributed by atoms with E-state index >= 15 is 0 Å². The van der Waals surface area contributed by atoms with Crippen LogP contribution < -0.4 is 5.32 Å². The van der Waals surface area contributed by atoms with Gasteiger partial charge in [0.1, 0.15) is 10.8 Å². The van der Waals surface area contributed by atoms with Crippen molar-refractivity contribution in [2.24, 2.45) is 11.3 Å². The van der Waals surface area contributed by atoms with Gasteiger partial charge in [-0.1, -0.05) is 51.4 Å². The lowest BCUT2D eigenvalue weighted by Crippen LogP contribution is -2.18. The Bertz CT molecular complexity index is 974. The molecule has 0 bridgehead atoms. The number of amides is 1. The molecule has 0 fully saturated rings. The predicted octanol–water partition coefficient (Wildman–Crippen LogP) is 6.72. The van der Waals surface area contributed by atoms with Crippen LogP contribution in [-0.4, -0.2) is 16.0 Å². The quantitative estimate of drug-likeness (QED) is 0.453. The van der Waals surface area contributed by atoms with Crippen molar-refractivity contribution < 1.29 is 9.90 Å². The van der Waals surface area contributed by atoms with Gasteiger partial charge in [0.15, 0.2) is 0 Å². The second-order valence-electron chi connectivity index (χ2n) is 8.46. The average Bonchev–Trinajstić information content (AvgIpc) is 2.99. The van der Waals surface area contributed by atoms with Crippen molar-refractivity contribution in [1.82, 2.24) is 4.98 Å². The van der Waals surface area contributed by atoms with Gasteiger partial charge >= 0.3 is 0 Å². The third kappa shape index (κ3) is 5.03. The minimum atomic E-state index is -0.0613. The highest BCUT2D eigenvalue weighted by Gasteiger charge is 2.19. The number of carbonyl (C=O) groups excluding carboxylic acids is 1. The van der Waals surface area contributed by atoms with Crippen LogP contribution >= 0.6 is 22.9 Å². The molecule has 1 unspecified atom stereocenters. The Morgan fingerprint density at radius 2 is 2.00 bits per heavy atom. The van der Waals surface area contributed by atoms with Crippen LogP contribution in [0.2, 0.25) is 5.02 Å². The summed E-state index contributed by atoms with van der Waals surface area (Å²) >= 11 is 7.69. The average molecular weight is 417 g/mol. The first-order valence-electron chi connectivity index (χ1n) is 9.31. The molecule has 0 saturated heterocycles. The standard InChI is InChI=1S/C22H25ClN2O2S/c1-13(12-22(2,3)4)9-19(26)24-14-10-15(20(27)16(23)11-14)21-25-17-7-5-6-8-18(17)28-21/h5-8,10-11,13,27H,9,12H2,1-4H3,(H,24,26). The van der Waals surface area contributed by atoms with E-state index in [9.17, 15) is 9.90 Å². The zero-order valence-electron chi connectivity index (χ0n) is 16.5. The number of carbonyl (C=O) groups is 1. The molecule has 1 amide bonds. The highest BCUT2D eigenvalue weighted by Crippen LogP contribution is 2.41. The number of hydrogen-bond donors (Lipinski definition) is 2. The van der Waals surface area contributed by atoms with Crippen molar-refractivity contribution >= 4 is 44.7 Å². The fraction of sp³-hybridized carbons (Fsp3) is 0.364. The third-order valence-electron chi connectivity index (χ3n) is 4.37. The van der Waals surface area contributed by atoms with E-state index in [0.717, 1.165) is 16.6 Å². The van der Waals surface area contributed by atoms with Crippen molar-refractivity contribution in [1.29, 1.82) is 0 Å². The molecular weight excluding hydrogens is 392 g/mol. The number of phenolic OH excluding ortho intramolecular Hbond substituents is 1. The second-order valence-corrected chi connectivity index (χ2v) is 9.90. The molecule has 2 aromatic carbocycles. The number of fused-ring (bicyclic) bond motifs is 1. The van der Waals surface area contributed by atoms with Gasteiger partial charge in [0, 0.05) is 12.1 Å². The lowest BCUT2D eigenvalue weighted by atomic mass is 9.84. The molecule has 0 aliphatic carbocycles. The van der Waals surface area contributed by atoms with E-state index in [2.05, 4.69) is 38.0 Å². The summed E-state index contributed by atoms with van der Waals surface area (Å²) < 4.78 is 1.03. The lowest BCUT2D eigenvalue weighted by Gasteiger charge is -2.22. The predicted molar refractivity (Wildman–Crippen MR) is 118 cm³/mol. The number of aromatic hydroxyl groups is 1. The van der Waals surface area contributed by atoms with Crippen LogP contribution in [-0.2, 0) is 4.79 Å². The van der Waals surface area contributed by atoms with Crippen molar-refractivity contribution in [3.63, 3.8) is 0 Å². The van der Waals surface area contributed by atoms with Gasteiger partial charge in [-0.3, -0.25) is 4.79 Å². The number of thiazole rings is 1. The Morgan fingerprint density at radius 3 is 2.68 bits per heavy atom. The summed E-state index contributed by atoms with van der Waals surface area (Å²) in [5.74, 6) is 0.185. The summed E-state index contributed by atoms with van der Waals surface area (Å²) in [5.41, 5.74) is 2.13. The summed E-state index contributed by atoms with van der Waals surface area (Å²) in [7, 11) is 0. The van der Waals surface area contributed by atoms with E-state index < -0.39 is 0 Å². The van der Waals surface area contributed by atoms with E-state index in [1.54, 1.807) is 12.1 Å². The van der Waals surface area contributed by atoms with Gasteiger partial charge in [0.2, 0.25) is 5.91 Å². The molecule has 0 radical (unpaired) electrons. The summed E-state index contributed by atoms with van der Waals surface area (Å²) in [4.78, 5) is 17.0. The summed E-state index contributed by atoms with van der Waals surface area (Å²) in [6, 6.07) is 11.1. The van der Waals surface area contributed by atoms with Crippen LogP contribution in [0.3, 0.4) is 0 Å². The molecule has 1 aromatic heterocycles. The molecule has 0 spiro atoms. The summed E-state index contributed by atoms with van der Waals surface area (Å²) in [6.45, 7) is 8.60. The monoisotopic (exact) mass is 416 g/mol. The van der Waals surface area contributed by atoms with Crippen LogP contribution in [0.5, 0.6) is 5.75 Å². The number of nitrogens with one attached hydrogen (secondary N) is 1. The lowest BCUT2D eigenvalue weighted by molar-refractivity contribution is -0.117. The molecule has 1 atom stereocenters. The number of para-hydroxylation sites is 1. The van der Waals surface area contributed by atoms with Gasteiger partial charge in [-0.25, -0.2) is 4.98 Å². The first-order valence-corrected chi connectivity index (χ1v) is 10.5. The summed E-state index contributed by atoms with van der Waals surface area (Å²) in [5, 5.41) is 14.2. The molecule has 28 heavy (non-hydrogen) atoms. The fourth-order valence-electron chi connectivity index (χ4n) is 3.47. The van der Waals surface area contributed by atoms with E-state index in [-0.39, 0.29) is 28.0 Å². The van der Waals surface area contributed by atoms with E-state index in [4.69, 9.17) is 11.6 Å². The SMILES string of the molecule is CC(CC(=O)Nc1cc(Cl)c(O)c(-c2nc3ccccc3s2)c1)CC(C)(C)C. The molecule has 3 aromatic rings. The number of phenols is 1. The van der Waals surface area contributed by atoms with Crippen LogP contribution in [0.1, 0.15) is 40.5 Å². The molecule has 3 rings (SSSR count). The largest absolute Gasteiger partial charge is 0.506 e. The molecule has 1 heterocycles. The Labute approximate surface area is 174 Å². The first-order chi connectivity index (χ1) is 13.1. The van der Waals surface area contributed by atoms with Gasteiger partial charge in [0.25, 0.3) is 0 Å². The van der Waals surface area contributed by atoms with E-state index in [1.165, 1.54) is 11.3 Å². The van der Waals surface area contributed by atoms with Gasteiger partial charge < -0.3 is 10.4 Å². The zero-order valence-corrected chi connectivity index (χ0v) is 18.1. The number of benzene rings is 2. The molecule has 0 aliphatic rings. The van der Waals surface area contributed by atoms with Crippen LogP contribution in [0.4, 0.5) is 5.69 Å². The number of halogens is 1. The fourth-order valence-corrected chi connectivity index (χ4v) is 4.67. The Balaban J connectivity index is 1.82. The van der Waals surface area contributed by atoms with Crippen molar-refractivity contribution in [2.75, 3.05) is 5.32 Å². The Morgan fingerprint density at radius 1 is 1.29 bits per heavy atom. The van der Waals surface area contributed by atoms with Crippen molar-refractivity contribution in [3.05, 3.63) is 41.4 Å². The molecule has 148 valence electrons. The number of rotatable bonds is 5. The topological polar surface area (TPSA) is 62.2 Å². The van der Waals surface area contributed by atoms with Crippen molar-refractivity contribution in [2.45, 2.75) is 40.5 Å². The van der Waals surface area contributed by atoms with Gasteiger partial charge in [-0.15, -0.1) is 11.3 Å². The minimum Gasteiger partial charge on any atom is -0.506 e. The molecular formula is C22H25ClN2O2S. The maximum Gasteiger partial charge on any atom is 0.224 e. The van der Waals surface area contributed by atoms with E-state index in [0.29, 0.717) is 22.7 Å². The van der Waals surface area contributed by atoms with Crippen LogP contribution in [0, 0.1) is 11.3 Å². The second kappa shape index (κ2) is 8.10. The summed E-state index contributed by atoms with van der Waals surface area (Å²) in [6.07, 6.45) is 1.40. The smallest absolute Gasteiger partial charge is 0.224 e. The molecule has 0 saturated carbocycles.